The summed E-state index contributed by atoms with van der Waals surface area (Å²) in [6.45, 7) is 9.21. The SMILES string of the molecule is CCCOc1ccccc1C(NN)C(OC)C(C)(C)C. The molecular weight excluding hydrogens is 252 g/mol. The molecule has 0 amide bonds. The molecule has 0 aliphatic carbocycles. The second-order valence-electron chi connectivity index (χ2n) is 6.05. The number of hydrazine groups is 1. The fourth-order valence-corrected chi connectivity index (χ4v) is 2.41. The van der Waals surface area contributed by atoms with Crippen molar-refractivity contribution in [3.8, 4) is 5.75 Å². The van der Waals surface area contributed by atoms with Gasteiger partial charge < -0.3 is 9.47 Å². The van der Waals surface area contributed by atoms with Crippen molar-refractivity contribution < 1.29 is 9.47 Å². The van der Waals surface area contributed by atoms with Crippen molar-refractivity contribution in [1.29, 1.82) is 0 Å². The van der Waals surface area contributed by atoms with E-state index in [0.717, 1.165) is 17.7 Å². The van der Waals surface area contributed by atoms with Gasteiger partial charge in [-0.3, -0.25) is 11.3 Å². The van der Waals surface area contributed by atoms with Crippen LogP contribution in [0, 0.1) is 5.41 Å². The highest BCUT2D eigenvalue weighted by atomic mass is 16.5. The van der Waals surface area contributed by atoms with Crippen LogP contribution < -0.4 is 16.0 Å². The van der Waals surface area contributed by atoms with E-state index in [0.29, 0.717) is 6.61 Å². The van der Waals surface area contributed by atoms with Gasteiger partial charge >= 0.3 is 0 Å². The van der Waals surface area contributed by atoms with Crippen molar-refractivity contribution in [2.24, 2.45) is 11.3 Å². The van der Waals surface area contributed by atoms with Crippen LogP contribution in [0.4, 0.5) is 0 Å². The second-order valence-corrected chi connectivity index (χ2v) is 6.05. The second kappa shape index (κ2) is 7.62. The number of benzene rings is 1. The summed E-state index contributed by atoms with van der Waals surface area (Å²) >= 11 is 0. The fourth-order valence-electron chi connectivity index (χ4n) is 2.41. The predicted octanol–water partition coefficient (Wildman–Crippen LogP) is 3.04. The minimum atomic E-state index is -0.118. The monoisotopic (exact) mass is 280 g/mol. The van der Waals surface area contributed by atoms with Crippen molar-refractivity contribution in [3.63, 3.8) is 0 Å². The summed E-state index contributed by atoms with van der Waals surface area (Å²) in [5.41, 5.74) is 3.88. The van der Waals surface area contributed by atoms with E-state index >= 15 is 0 Å². The van der Waals surface area contributed by atoms with Crippen LogP contribution in [-0.4, -0.2) is 19.8 Å². The van der Waals surface area contributed by atoms with Crippen LogP contribution in [0.1, 0.15) is 45.7 Å². The van der Waals surface area contributed by atoms with Gasteiger partial charge in [0.1, 0.15) is 5.75 Å². The third kappa shape index (κ3) is 4.20. The van der Waals surface area contributed by atoms with Gasteiger partial charge in [0, 0.05) is 12.7 Å². The lowest BCUT2D eigenvalue weighted by Crippen LogP contribution is -2.44. The molecule has 4 heteroatoms. The third-order valence-corrected chi connectivity index (χ3v) is 3.31. The van der Waals surface area contributed by atoms with Crippen LogP contribution in [0.15, 0.2) is 24.3 Å². The lowest BCUT2D eigenvalue weighted by molar-refractivity contribution is -0.0126. The summed E-state index contributed by atoms with van der Waals surface area (Å²) in [6, 6.07) is 7.86. The molecular formula is C16H28N2O2. The average molecular weight is 280 g/mol. The van der Waals surface area contributed by atoms with Crippen LogP contribution in [0.2, 0.25) is 0 Å². The van der Waals surface area contributed by atoms with Gasteiger partial charge in [0.25, 0.3) is 0 Å². The van der Waals surface area contributed by atoms with Crippen LogP contribution in [-0.2, 0) is 4.74 Å². The Labute approximate surface area is 122 Å². The third-order valence-electron chi connectivity index (χ3n) is 3.31. The molecule has 114 valence electrons. The molecule has 2 atom stereocenters. The molecule has 0 aromatic heterocycles. The fraction of sp³-hybridized carbons (Fsp3) is 0.625. The maximum Gasteiger partial charge on any atom is 0.124 e. The first kappa shape index (κ1) is 17.0. The van der Waals surface area contributed by atoms with Crippen LogP contribution in [0.25, 0.3) is 0 Å². The highest BCUT2D eigenvalue weighted by Crippen LogP contribution is 2.35. The zero-order valence-electron chi connectivity index (χ0n) is 13.3. The topological polar surface area (TPSA) is 56.5 Å². The van der Waals surface area contributed by atoms with E-state index in [1.807, 2.05) is 24.3 Å². The molecule has 0 heterocycles. The van der Waals surface area contributed by atoms with E-state index in [1.165, 1.54) is 0 Å². The molecule has 0 fully saturated rings. The Morgan fingerprint density at radius 3 is 2.40 bits per heavy atom. The quantitative estimate of drug-likeness (QED) is 0.595. The minimum Gasteiger partial charge on any atom is -0.493 e. The highest BCUT2D eigenvalue weighted by molar-refractivity contribution is 5.37. The molecule has 0 saturated heterocycles. The van der Waals surface area contributed by atoms with E-state index in [-0.39, 0.29) is 17.6 Å². The molecule has 1 rings (SSSR count). The number of ether oxygens (including phenoxy) is 2. The largest absolute Gasteiger partial charge is 0.493 e. The molecule has 20 heavy (non-hydrogen) atoms. The van der Waals surface area contributed by atoms with E-state index in [2.05, 4.69) is 33.1 Å². The van der Waals surface area contributed by atoms with Crippen molar-refractivity contribution >= 4 is 0 Å². The Balaban J connectivity index is 3.11. The van der Waals surface area contributed by atoms with E-state index in [1.54, 1.807) is 7.11 Å². The van der Waals surface area contributed by atoms with Gasteiger partial charge in [0.2, 0.25) is 0 Å². The first-order valence-corrected chi connectivity index (χ1v) is 7.16. The molecule has 0 aliphatic rings. The van der Waals surface area contributed by atoms with Gasteiger partial charge in [-0.25, -0.2) is 0 Å². The van der Waals surface area contributed by atoms with Crippen molar-refractivity contribution in [3.05, 3.63) is 29.8 Å². The van der Waals surface area contributed by atoms with Gasteiger partial charge in [-0.15, -0.1) is 0 Å². The number of rotatable bonds is 7. The Morgan fingerprint density at radius 2 is 1.90 bits per heavy atom. The predicted molar refractivity (Wildman–Crippen MR) is 82.5 cm³/mol. The lowest BCUT2D eigenvalue weighted by Gasteiger charge is -2.36. The van der Waals surface area contributed by atoms with Crippen molar-refractivity contribution in [2.45, 2.75) is 46.3 Å². The zero-order chi connectivity index (χ0) is 15.2. The maximum atomic E-state index is 5.83. The number of hydrogen-bond acceptors (Lipinski definition) is 4. The zero-order valence-corrected chi connectivity index (χ0v) is 13.3. The molecule has 1 aromatic rings. The van der Waals surface area contributed by atoms with E-state index in [4.69, 9.17) is 15.3 Å². The van der Waals surface area contributed by atoms with Gasteiger partial charge in [0.15, 0.2) is 0 Å². The number of nitrogens with one attached hydrogen (secondary N) is 1. The Kier molecular flexibility index (Phi) is 6.46. The average Bonchev–Trinajstić information content (AvgIpc) is 2.41. The van der Waals surface area contributed by atoms with Crippen LogP contribution >= 0.6 is 0 Å². The van der Waals surface area contributed by atoms with Gasteiger partial charge in [-0.1, -0.05) is 45.9 Å². The summed E-state index contributed by atoms with van der Waals surface area (Å²) in [6.07, 6.45) is 0.918. The molecule has 0 bridgehead atoms. The molecule has 0 saturated carbocycles. The first-order valence-electron chi connectivity index (χ1n) is 7.16. The minimum absolute atomic E-state index is 0.0380. The molecule has 1 aromatic carbocycles. The lowest BCUT2D eigenvalue weighted by atomic mass is 9.82. The van der Waals surface area contributed by atoms with Gasteiger partial charge in [0.05, 0.1) is 18.8 Å². The van der Waals surface area contributed by atoms with Crippen molar-refractivity contribution in [1.82, 2.24) is 5.43 Å². The smallest absolute Gasteiger partial charge is 0.124 e. The first-order chi connectivity index (χ1) is 9.45. The number of nitrogens with two attached hydrogens (primary N) is 1. The molecule has 0 radical (unpaired) electrons. The molecule has 0 spiro atoms. The summed E-state index contributed by atoms with van der Waals surface area (Å²) < 4.78 is 11.5. The summed E-state index contributed by atoms with van der Waals surface area (Å²) in [7, 11) is 1.72. The summed E-state index contributed by atoms with van der Waals surface area (Å²) in [5.74, 6) is 6.65. The maximum absolute atomic E-state index is 5.83. The van der Waals surface area contributed by atoms with Gasteiger partial charge in [-0.05, 0) is 17.9 Å². The Bertz CT molecular complexity index is 402. The normalized spacial score (nSPS) is 14.9. The summed E-state index contributed by atoms with van der Waals surface area (Å²) in [5, 5.41) is 0. The van der Waals surface area contributed by atoms with Crippen molar-refractivity contribution in [2.75, 3.05) is 13.7 Å². The van der Waals surface area contributed by atoms with Gasteiger partial charge in [-0.2, -0.15) is 0 Å². The van der Waals surface area contributed by atoms with Crippen LogP contribution in [0.3, 0.4) is 0 Å². The Morgan fingerprint density at radius 1 is 1.25 bits per heavy atom. The summed E-state index contributed by atoms with van der Waals surface area (Å²) in [4.78, 5) is 0. The number of hydrogen-bond donors (Lipinski definition) is 2. The number of methoxy groups -OCH3 is 1. The number of para-hydroxylation sites is 1. The molecule has 0 aliphatic heterocycles. The molecule has 3 N–H and O–H groups in total. The van der Waals surface area contributed by atoms with Crippen LogP contribution in [0.5, 0.6) is 5.75 Å². The molecule has 4 nitrogen and oxygen atoms in total. The van der Waals surface area contributed by atoms with E-state index < -0.39 is 0 Å². The Hall–Kier alpha value is -1.10. The van der Waals surface area contributed by atoms with E-state index in [9.17, 15) is 0 Å². The molecule has 2 unspecified atom stereocenters. The standard InChI is InChI=1S/C16H28N2O2/c1-6-11-20-13-10-8-7-9-12(13)14(18-17)15(19-5)16(2,3)4/h7-10,14-15,18H,6,11,17H2,1-5H3. The highest BCUT2D eigenvalue weighted by Gasteiger charge is 2.34.